The second-order valence-electron chi connectivity index (χ2n) is 6.02. The Morgan fingerprint density at radius 2 is 2.15 bits per heavy atom. The number of hydrogen-bond donors (Lipinski definition) is 2. The van der Waals surface area contributed by atoms with Gasteiger partial charge in [-0.25, -0.2) is 4.79 Å². The van der Waals surface area contributed by atoms with Gasteiger partial charge in [0.1, 0.15) is 23.7 Å². The lowest BCUT2D eigenvalue weighted by molar-refractivity contribution is 0.0694. The lowest BCUT2D eigenvalue weighted by Crippen LogP contribution is -2.19. The molecule has 0 fully saturated rings. The average molecular weight is 359 g/mol. The monoisotopic (exact) mass is 359 g/mol. The molecule has 0 saturated heterocycles. The highest BCUT2D eigenvalue weighted by atomic mass is 16.5. The highest BCUT2D eigenvalue weighted by Crippen LogP contribution is 2.37. The van der Waals surface area contributed by atoms with E-state index in [2.05, 4.69) is 0 Å². The van der Waals surface area contributed by atoms with Crippen LogP contribution in [0.4, 0.5) is 0 Å². The molecule has 2 aromatic rings. The number of aliphatic hydroxyl groups excluding tert-OH is 1. The Kier molecular flexibility index (Phi) is 5.27. The van der Waals surface area contributed by atoms with Gasteiger partial charge in [0.05, 0.1) is 18.8 Å². The predicted molar refractivity (Wildman–Crippen MR) is 95.2 cm³/mol. The smallest absolute Gasteiger partial charge is 0.341 e. The van der Waals surface area contributed by atoms with Crippen LogP contribution in [0.25, 0.3) is 11.3 Å². The van der Waals surface area contributed by atoms with Gasteiger partial charge >= 0.3 is 5.97 Å². The fraction of sp³-hybridized carbons (Fsp3) is 0.368. The maximum absolute atomic E-state index is 12.2. The van der Waals surface area contributed by atoms with Crippen LogP contribution in [0.1, 0.15) is 29.3 Å². The number of aromatic nitrogens is 1. The van der Waals surface area contributed by atoms with Gasteiger partial charge < -0.3 is 24.3 Å². The van der Waals surface area contributed by atoms with Gasteiger partial charge in [-0.05, 0) is 18.1 Å². The summed E-state index contributed by atoms with van der Waals surface area (Å²) < 4.78 is 13.3. The molecule has 1 aromatic carbocycles. The van der Waals surface area contributed by atoms with E-state index in [1.54, 1.807) is 10.6 Å². The van der Waals surface area contributed by atoms with Crippen LogP contribution in [0.2, 0.25) is 0 Å². The average Bonchev–Trinajstić information content (AvgIpc) is 2.79. The molecule has 0 amide bonds. The van der Waals surface area contributed by atoms with Gasteiger partial charge in [0.2, 0.25) is 0 Å². The molecule has 3 rings (SSSR count). The van der Waals surface area contributed by atoms with E-state index in [9.17, 15) is 14.7 Å². The van der Waals surface area contributed by atoms with Gasteiger partial charge in [-0.15, -0.1) is 0 Å². The Morgan fingerprint density at radius 1 is 1.35 bits per heavy atom. The molecule has 0 aliphatic carbocycles. The topological polar surface area (TPSA) is 98.0 Å². The summed E-state index contributed by atoms with van der Waals surface area (Å²) in [5.41, 5.74) is 1.54. The fourth-order valence-electron chi connectivity index (χ4n) is 2.99. The van der Waals surface area contributed by atoms with Crippen LogP contribution in [0.3, 0.4) is 0 Å². The lowest BCUT2D eigenvalue weighted by atomic mass is 10.0. The third-order valence-electron chi connectivity index (χ3n) is 4.33. The van der Waals surface area contributed by atoms with Gasteiger partial charge in [0.25, 0.3) is 0 Å². The SMILES string of the molecule is CCc1cc2c(cc1OCCCO)OCCn1cc(C(=O)O)c(=O)cc1-2. The van der Waals surface area contributed by atoms with Crippen molar-refractivity contribution in [3.63, 3.8) is 0 Å². The molecule has 0 saturated carbocycles. The molecule has 1 aliphatic rings. The Bertz CT molecular complexity index is 886. The van der Waals surface area contributed by atoms with Crippen LogP contribution in [0.5, 0.6) is 11.5 Å². The largest absolute Gasteiger partial charge is 0.493 e. The first-order chi connectivity index (χ1) is 12.5. The number of rotatable bonds is 6. The van der Waals surface area contributed by atoms with Gasteiger partial charge in [0.15, 0.2) is 5.43 Å². The molecule has 138 valence electrons. The van der Waals surface area contributed by atoms with E-state index >= 15 is 0 Å². The van der Waals surface area contributed by atoms with Crippen molar-refractivity contribution < 1.29 is 24.5 Å². The highest BCUT2D eigenvalue weighted by molar-refractivity contribution is 5.87. The van der Waals surface area contributed by atoms with Crippen molar-refractivity contribution in [2.24, 2.45) is 0 Å². The molecular weight excluding hydrogens is 338 g/mol. The van der Waals surface area contributed by atoms with Crippen molar-refractivity contribution in [3.05, 3.63) is 45.7 Å². The molecule has 1 aliphatic heterocycles. The van der Waals surface area contributed by atoms with E-state index in [-0.39, 0.29) is 12.2 Å². The summed E-state index contributed by atoms with van der Waals surface area (Å²) >= 11 is 0. The number of aliphatic hydroxyl groups is 1. The maximum atomic E-state index is 12.2. The molecule has 26 heavy (non-hydrogen) atoms. The molecule has 2 N–H and O–H groups in total. The molecule has 0 bridgehead atoms. The standard InChI is InChI=1S/C19H21NO6/c1-2-12-8-13-15-9-16(22)14(19(23)24)11-20(15)4-7-26-18(13)10-17(12)25-6-3-5-21/h8-11,21H,2-7H2,1H3,(H,23,24). The second-order valence-corrected chi connectivity index (χ2v) is 6.02. The summed E-state index contributed by atoms with van der Waals surface area (Å²) in [5.74, 6) is 0.0464. The molecule has 0 atom stereocenters. The minimum Gasteiger partial charge on any atom is -0.493 e. The van der Waals surface area contributed by atoms with E-state index in [4.69, 9.17) is 14.6 Å². The third-order valence-corrected chi connectivity index (χ3v) is 4.33. The zero-order chi connectivity index (χ0) is 18.7. The normalized spacial score (nSPS) is 12.5. The molecular formula is C19H21NO6. The first-order valence-corrected chi connectivity index (χ1v) is 8.56. The third kappa shape index (κ3) is 3.43. The fourth-order valence-corrected chi connectivity index (χ4v) is 2.99. The zero-order valence-electron chi connectivity index (χ0n) is 14.5. The van der Waals surface area contributed by atoms with Gasteiger partial charge in [0, 0.05) is 36.9 Å². The molecule has 7 nitrogen and oxygen atoms in total. The van der Waals surface area contributed by atoms with E-state index in [1.165, 1.54) is 12.3 Å². The summed E-state index contributed by atoms with van der Waals surface area (Å²) in [5, 5.41) is 18.1. The number of benzene rings is 1. The van der Waals surface area contributed by atoms with Gasteiger partial charge in [-0.3, -0.25) is 4.79 Å². The number of nitrogens with zero attached hydrogens (tertiary/aromatic N) is 1. The van der Waals surface area contributed by atoms with Crippen LogP contribution >= 0.6 is 0 Å². The van der Waals surface area contributed by atoms with Gasteiger partial charge in [-0.2, -0.15) is 0 Å². The van der Waals surface area contributed by atoms with E-state index in [1.807, 2.05) is 13.0 Å². The number of fused-ring (bicyclic) bond motifs is 3. The van der Waals surface area contributed by atoms with Crippen molar-refractivity contribution in [2.75, 3.05) is 19.8 Å². The molecule has 2 heterocycles. The minimum absolute atomic E-state index is 0.0606. The Labute approximate surface area is 150 Å². The Hall–Kier alpha value is -2.80. The van der Waals surface area contributed by atoms with Crippen molar-refractivity contribution in [1.82, 2.24) is 4.57 Å². The number of carboxylic acid groups (broad SMARTS) is 1. The Morgan fingerprint density at radius 3 is 2.85 bits per heavy atom. The molecule has 0 radical (unpaired) electrons. The van der Waals surface area contributed by atoms with Crippen LogP contribution < -0.4 is 14.9 Å². The number of aromatic carboxylic acids is 1. The van der Waals surface area contributed by atoms with E-state index < -0.39 is 11.4 Å². The molecule has 0 spiro atoms. The summed E-state index contributed by atoms with van der Waals surface area (Å²) in [6.07, 6.45) is 2.63. The van der Waals surface area contributed by atoms with Crippen LogP contribution in [0.15, 0.2) is 29.2 Å². The van der Waals surface area contributed by atoms with E-state index in [0.29, 0.717) is 43.4 Å². The molecule has 0 unspecified atom stereocenters. The zero-order valence-corrected chi connectivity index (χ0v) is 14.5. The number of aryl methyl sites for hydroxylation is 1. The summed E-state index contributed by atoms with van der Waals surface area (Å²) in [6, 6.07) is 5.07. The molecule has 7 heteroatoms. The number of pyridine rings is 1. The predicted octanol–water partition coefficient (Wildman–Crippen LogP) is 1.93. The Balaban J connectivity index is 2.10. The van der Waals surface area contributed by atoms with Crippen molar-refractivity contribution in [2.45, 2.75) is 26.3 Å². The van der Waals surface area contributed by atoms with Crippen LogP contribution in [0, 0.1) is 0 Å². The second kappa shape index (κ2) is 7.61. The minimum atomic E-state index is -1.24. The first-order valence-electron chi connectivity index (χ1n) is 8.56. The van der Waals surface area contributed by atoms with Crippen molar-refractivity contribution >= 4 is 5.97 Å². The van der Waals surface area contributed by atoms with E-state index in [0.717, 1.165) is 17.5 Å². The summed E-state index contributed by atoms with van der Waals surface area (Å²) in [7, 11) is 0. The number of ether oxygens (including phenoxy) is 2. The number of carbonyl (C=O) groups is 1. The summed E-state index contributed by atoms with van der Waals surface area (Å²) in [4.78, 5) is 23.4. The molecule has 1 aromatic heterocycles. The quantitative estimate of drug-likeness (QED) is 0.765. The highest BCUT2D eigenvalue weighted by Gasteiger charge is 2.21. The van der Waals surface area contributed by atoms with Crippen molar-refractivity contribution in [1.29, 1.82) is 0 Å². The van der Waals surface area contributed by atoms with Gasteiger partial charge in [-0.1, -0.05) is 6.92 Å². The van der Waals surface area contributed by atoms with Crippen LogP contribution in [-0.2, 0) is 13.0 Å². The maximum Gasteiger partial charge on any atom is 0.341 e. The first kappa shape index (κ1) is 18.0. The number of hydrogen-bond acceptors (Lipinski definition) is 5. The van der Waals surface area contributed by atoms with Crippen LogP contribution in [-0.4, -0.2) is 40.6 Å². The summed E-state index contributed by atoms with van der Waals surface area (Å²) in [6.45, 7) is 3.25. The lowest BCUT2D eigenvalue weighted by Gasteiger charge is -2.16. The number of carboxylic acids is 1. The van der Waals surface area contributed by atoms with Crippen molar-refractivity contribution in [3.8, 4) is 22.8 Å².